The van der Waals surface area contributed by atoms with Gasteiger partial charge in [0, 0.05) is 5.56 Å². The number of hydrogen-bond acceptors (Lipinski definition) is 4. The van der Waals surface area contributed by atoms with Crippen molar-refractivity contribution in [3.63, 3.8) is 0 Å². The molecule has 0 heterocycles. The highest BCUT2D eigenvalue weighted by Crippen LogP contribution is 2.57. The highest BCUT2D eigenvalue weighted by atomic mass is 79.9. The molecular formula is C15H21BrN2O2. The van der Waals surface area contributed by atoms with Gasteiger partial charge in [0.1, 0.15) is 16.0 Å². The molecule has 2 fully saturated rings. The van der Waals surface area contributed by atoms with Gasteiger partial charge in [0.15, 0.2) is 0 Å². The number of nitrogens with one attached hydrogen (secondary N) is 1. The molecule has 110 valence electrons. The lowest BCUT2D eigenvalue weighted by molar-refractivity contribution is 0.326. The Labute approximate surface area is 128 Å². The topological polar surface area (TPSA) is 56.5 Å². The van der Waals surface area contributed by atoms with E-state index in [2.05, 4.69) is 27.4 Å². The molecule has 5 heteroatoms. The third kappa shape index (κ3) is 2.32. The maximum absolute atomic E-state index is 5.84. The Hall–Kier alpha value is -0.780. The Morgan fingerprint density at radius 2 is 1.90 bits per heavy atom. The molecule has 0 aromatic heterocycles. The maximum Gasteiger partial charge on any atom is 0.141 e. The number of hydrogen-bond donors (Lipinski definition) is 2. The zero-order valence-electron chi connectivity index (χ0n) is 11.9. The standard InChI is InChI=1S/C15H21BrN2O2/c1-19-12-4-3-11(15(20-2)13(12)16)14(18-17)10-6-8-5-9(8)7-10/h3-4,8-10,14,18H,5-7,17H2,1-2H3. The van der Waals surface area contributed by atoms with Crippen LogP contribution in [-0.4, -0.2) is 14.2 Å². The molecule has 1 aromatic carbocycles. The van der Waals surface area contributed by atoms with Gasteiger partial charge in [-0.05, 0) is 65.1 Å². The van der Waals surface area contributed by atoms with E-state index in [1.807, 2.05) is 6.07 Å². The number of nitrogens with two attached hydrogens (primary N) is 1. The van der Waals surface area contributed by atoms with Crippen molar-refractivity contribution >= 4 is 15.9 Å². The number of fused-ring (bicyclic) bond motifs is 1. The van der Waals surface area contributed by atoms with Crippen LogP contribution in [0, 0.1) is 17.8 Å². The summed E-state index contributed by atoms with van der Waals surface area (Å²) in [5.74, 6) is 9.89. The van der Waals surface area contributed by atoms with Gasteiger partial charge in [0.25, 0.3) is 0 Å². The van der Waals surface area contributed by atoms with Crippen molar-refractivity contribution in [3.8, 4) is 11.5 Å². The summed E-state index contributed by atoms with van der Waals surface area (Å²) in [6, 6.07) is 4.15. The summed E-state index contributed by atoms with van der Waals surface area (Å²) in [4.78, 5) is 0. The second-order valence-corrected chi connectivity index (χ2v) is 6.63. The third-order valence-corrected chi connectivity index (χ3v) is 5.53. The first-order chi connectivity index (χ1) is 9.69. The predicted octanol–water partition coefficient (Wildman–Crippen LogP) is 3.02. The Kier molecular flexibility index (Phi) is 3.93. The van der Waals surface area contributed by atoms with E-state index < -0.39 is 0 Å². The van der Waals surface area contributed by atoms with Crippen LogP contribution in [0.5, 0.6) is 11.5 Å². The fourth-order valence-corrected chi connectivity index (χ4v) is 4.36. The van der Waals surface area contributed by atoms with E-state index in [0.29, 0.717) is 5.92 Å². The second kappa shape index (κ2) is 5.54. The van der Waals surface area contributed by atoms with Gasteiger partial charge >= 0.3 is 0 Å². The van der Waals surface area contributed by atoms with Crippen LogP contribution < -0.4 is 20.7 Å². The summed E-state index contributed by atoms with van der Waals surface area (Å²) in [5.41, 5.74) is 4.10. The lowest BCUT2D eigenvalue weighted by Crippen LogP contribution is -2.33. The molecular weight excluding hydrogens is 320 g/mol. The first kappa shape index (κ1) is 14.2. The molecule has 2 aliphatic carbocycles. The fraction of sp³-hybridized carbons (Fsp3) is 0.600. The third-order valence-electron chi connectivity index (χ3n) is 4.78. The monoisotopic (exact) mass is 340 g/mol. The van der Waals surface area contributed by atoms with Gasteiger partial charge in [-0.25, -0.2) is 0 Å². The van der Waals surface area contributed by atoms with Crippen molar-refractivity contribution in [2.75, 3.05) is 14.2 Å². The van der Waals surface area contributed by atoms with E-state index in [1.165, 1.54) is 19.3 Å². The first-order valence-corrected chi connectivity index (χ1v) is 7.85. The van der Waals surface area contributed by atoms with Gasteiger partial charge in [0.2, 0.25) is 0 Å². The summed E-state index contributed by atoms with van der Waals surface area (Å²) in [6.45, 7) is 0. The summed E-state index contributed by atoms with van der Waals surface area (Å²) in [5, 5.41) is 0. The highest BCUT2D eigenvalue weighted by molar-refractivity contribution is 9.10. The first-order valence-electron chi connectivity index (χ1n) is 7.06. The lowest BCUT2D eigenvalue weighted by atomic mass is 9.89. The van der Waals surface area contributed by atoms with Gasteiger partial charge in [-0.2, -0.15) is 0 Å². The van der Waals surface area contributed by atoms with Crippen LogP contribution in [0.1, 0.15) is 30.9 Å². The summed E-state index contributed by atoms with van der Waals surface area (Å²) in [6.07, 6.45) is 3.95. The van der Waals surface area contributed by atoms with Crippen molar-refractivity contribution in [3.05, 3.63) is 22.2 Å². The Morgan fingerprint density at radius 1 is 1.20 bits per heavy atom. The fourth-order valence-electron chi connectivity index (χ4n) is 3.68. The van der Waals surface area contributed by atoms with Gasteiger partial charge in [-0.3, -0.25) is 11.3 Å². The molecule has 20 heavy (non-hydrogen) atoms. The lowest BCUT2D eigenvalue weighted by Gasteiger charge is -2.27. The number of halogens is 1. The predicted molar refractivity (Wildman–Crippen MR) is 81.6 cm³/mol. The van der Waals surface area contributed by atoms with Crippen molar-refractivity contribution in [2.24, 2.45) is 23.6 Å². The molecule has 4 nitrogen and oxygen atoms in total. The van der Waals surface area contributed by atoms with Crippen LogP contribution in [0.3, 0.4) is 0 Å². The van der Waals surface area contributed by atoms with E-state index in [1.54, 1.807) is 14.2 Å². The SMILES string of the molecule is COc1ccc(C(NN)C2CC3CC3C2)c(OC)c1Br. The van der Waals surface area contributed by atoms with Gasteiger partial charge in [-0.15, -0.1) is 0 Å². The summed E-state index contributed by atoms with van der Waals surface area (Å²) >= 11 is 3.56. The quantitative estimate of drug-likeness (QED) is 0.639. The minimum absolute atomic E-state index is 0.139. The second-order valence-electron chi connectivity index (χ2n) is 5.84. The normalized spacial score (nSPS) is 28.9. The molecule has 0 saturated heterocycles. The minimum Gasteiger partial charge on any atom is -0.495 e. The van der Waals surface area contributed by atoms with E-state index in [9.17, 15) is 0 Å². The smallest absolute Gasteiger partial charge is 0.141 e. The highest BCUT2D eigenvalue weighted by Gasteiger charge is 2.48. The zero-order valence-corrected chi connectivity index (χ0v) is 13.4. The molecule has 3 unspecified atom stereocenters. The summed E-state index contributed by atoms with van der Waals surface area (Å²) in [7, 11) is 3.34. The van der Waals surface area contributed by atoms with E-state index in [-0.39, 0.29) is 6.04 Å². The van der Waals surface area contributed by atoms with E-state index in [4.69, 9.17) is 15.3 Å². The Balaban J connectivity index is 1.92. The summed E-state index contributed by atoms with van der Waals surface area (Å²) < 4.78 is 11.8. The largest absolute Gasteiger partial charge is 0.495 e. The number of hydrazine groups is 1. The molecule has 3 atom stereocenters. The number of methoxy groups -OCH3 is 2. The molecule has 0 aliphatic heterocycles. The van der Waals surface area contributed by atoms with Crippen LogP contribution in [0.25, 0.3) is 0 Å². The zero-order chi connectivity index (χ0) is 14.3. The van der Waals surface area contributed by atoms with E-state index >= 15 is 0 Å². The van der Waals surface area contributed by atoms with Gasteiger partial charge in [-0.1, -0.05) is 0 Å². The van der Waals surface area contributed by atoms with Crippen molar-refractivity contribution < 1.29 is 9.47 Å². The number of benzene rings is 1. The molecule has 2 saturated carbocycles. The minimum atomic E-state index is 0.139. The van der Waals surface area contributed by atoms with Crippen LogP contribution in [0.2, 0.25) is 0 Å². The van der Waals surface area contributed by atoms with Gasteiger partial charge < -0.3 is 9.47 Å². The molecule has 0 amide bonds. The number of ether oxygens (including phenoxy) is 2. The van der Waals surface area contributed by atoms with Crippen molar-refractivity contribution in [1.29, 1.82) is 0 Å². The Morgan fingerprint density at radius 3 is 2.45 bits per heavy atom. The molecule has 0 spiro atoms. The molecule has 0 radical (unpaired) electrons. The van der Waals surface area contributed by atoms with Crippen LogP contribution in [-0.2, 0) is 0 Å². The van der Waals surface area contributed by atoms with Crippen molar-refractivity contribution in [1.82, 2.24) is 5.43 Å². The van der Waals surface area contributed by atoms with Crippen LogP contribution in [0.15, 0.2) is 16.6 Å². The number of rotatable bonds is 5. The van der Waals surface area contributed by atoms with Crippen LogP contribution >= 0.6 is 15.9 Å². The molecule has 2 aliphatic rings. The van der Waals surface area contributed by atoms with Crippen LogP contribution in [0.4, 0.5) is 0 Å². The average molecular weight is 341 g/mol. The van der Waals surface area contributed by atoms with Gasteiger partial charge in [0.05, 0.1) is 20.3 Å². The maximum atomic E-state index is 5.84. The molecule has 3 rings (SSSR count). The van der Waals surface area contributed by atoms with Crippen molar-refractivity contribution in [2.45, 2.75) is 25.3 Å². The molecule has 1 aromatic rings. The van der Waals surface area contributed by atoms with E-state index in [0.717, 1.165) is 33.4 Å². The molecule has 3 N–H and O–H groups in total. The Bertz CT molecular complexity index is 499. The average Bonchev–Trinajstić information content (AvgIpc) is 3.07. The molecule has 0 bridgehead atoms.